The van der Waals surface area contributed by atoms with Gasteiger partial charge in [0.25, 0.3) is 0 Å². The van der Waals surface area contributed by atoms with Gasteiger partial charge in [0.1, 0.15) is 5.78 Å². The first-order valence-corrected chi connectivity index (χ1v) is 13.5. The van der Waals surface area contributed by atoms with Crippen LogP contribution in [0.25, 0.3) is 0 Å². The fourth-order valence-corrected chi connectivity index (χ4v) is 9.73. The van der Waals surface area contributed by atoms with Crippen molar-refractivity contribution < 1.29 is 13.2 Å². The molecule has 3 aliphatic carbocycles. The van der Waals surface area contributed by atoms with Gasteiger partial charge in [-0.1, -0.05) is 44.2 Å². The van der Waals surface area contributed by atoms with Crippen LogP contribution in [0.15, 0.2) is 30.3 Å². The van der Waals surface area contributed by atoms with Crippen molar-refractivity contribution in [1.29, 1.82) is 0 Å². The second-order valence-corrected chi connectivity index (χ2v) is 13.1. The number of benzene rings is 1. The fourth-order valence-electron chi connectivity index (χ4n) is 7.61. The van der Waals surface area contributed by atoms with E-state index in [1.165, 1.54) is 0 Å². The maximum absolute atomic E-state index is 13.7. The van der Waals surface area contributed by atoms with E-state index >= 15 is 0 Å². The van der Waals surface area contributed by atoms with E-state index in [2.05, 4.69) is 30.5 Å². The van der Waals surface area contributed by atoms with Crippen LogP contribution in [0, 0.1) is 22.7 Å². The number of carbonyl (C=O) groups is 1. The Kier molecular flexibility index (Phi) is 4.97. The Morgan fingerprint density at radius 2 is 1.77 bits per heavy atom. The Morgan fingerprint density at radius 1 is 1.10 bits per heavy atom. The molecule has 5 fully saturated rings. The summed E-state index contributed by atoms with van der Waals surface area (Å²) >= 11 is 0. The Balaban J connectivity index is 1.49. The van der Waals surface area contributed by atoms with E-state index < -0.39 is 15.4 Å². The highest BCUT2D eigenvalue weighted by Crippen LogP contribution is 2.64. The van der Waals surface area contributed by atoms with Crippen LogP contribution in [0.1, 0.15) is 70.4 Å². The number of sulfonamides is 1. The van der Waals surface area contributed by atoms with E-state index in [1.807, 2.05) is 30.3 Å². The molecule has 0 spiro atoms. The normalized spacial score (nSPS) is 38.0. The highest BCUT2D eigenvalue weighted by molar-refractivity contribution is 7.89. The van der Waals surface area contributed by atoms with Gasteiger partial charge in [0.05, 0.1) is 11.8 Å². The van der Waals surface area contributed by atoms with E-state index in [1.54, 1.807) is 0 Å². The lowest BCUT2D eigenvalue weighted by atomic mass is 9.66. The zero-order valence-corrected chi connectivity index (χ0v) is 19.9. The van der Waals surface area contributed by atoms with Crippen LogP contribution in [-0.2, 0) is 14.8 Å². The van der Waals surface area contributed by atoms with Crippen LogP contribution in [-0.4, -0.2) is 44.0 Å². The molecule has 3 unspecified atom stereocenters. The minimum atomic E-state index is -3.66. The van der Waals surface area contributed by atoms with Crippen molar-refractivity contribution in [2.45, 2.75) is 70.4 Å². The number of carbonyl (C=O) groups excluding carboxylic acids is 1. The minimum Gasteiger partial charge on any atom is -0.299 e. The molecule has 2 heterocycles. The summed E-state index contributed by atoms with van der Waals surface area (Å²) in [5, 5.41) is 0. The number of likely N-dealkylation sites (N-methyl/N-ethyl adjacent to an activating group) is 1. The molecule has 3 atom stereocenters. The molecule has 1 N–H and O–H groups in total. The van der Waals surface area contributed by atoms with Gasteiger partial charge in [0, 0.05) is 23.9 Å². The molecule has 31 heavy (non-hydrogen) atoms. The van der Waals surface area contributed by atoms with Gasteiger partial charge in [-0.25, -0.2) is 13.1 Å². The molecule has 6 heteroatoms. The summed E-state index contributed by atoms with van der Waals surface area (Å²) in [7, 11) is -1.51. The molecule has 4 bridgehead atoms. The van der Waals surface area contributed by atoms with Crippen molar-refractivity contribution in [3.63, 3.8) is 0 Å². The summed E-state index contributed by atoms with van der Waals surface area (Å²) in [6.07, 6.45) is 6.54. The predicted octanol–water partition coefficient (Wildman–Crippen LogP) is 3.92. The summed E-state index contributed by atoms with van der Waals surface area (Å²) in [4.78, 5) is 15.4. The lowest BCUT2D eigenvalue weighted by molar-refractivity contribution is -0.128. The zero-order chi connectivity index (χ0) is 22.1. The van der Waals surface area contributed by atoms with E-state index in [-0.39, 0.29) is 28.5 Å². The Labute approximate surface area is 187 Å². The van der Waals surface area contributed by atoms with Gasteiger partial charge in [0.15, 0.2) is 0 Å². The molecule has 1 aromatic rings. The first-order chi connectivity index (χ1) is 14.6. The molecule has 5 aliphatic rings. The molecule has 0 aromatic heterocycles. The van der Waals surface area contributed by atoms with Gasteiger partial charge >= 0.3 is 0 Å². The van der Waals surface area contributed by atoms with Gasteiger partial charge in [-0.3, -0.25) is 9.69 Å². The monoisotopic (exact) mass is 444 g/mol. The lowest BCUT2D eigenvalue weighted by Gasteiger charge is -2.57. The van der Waals surface area contributed by atoms with E-state index in [0.29, 0.717) is 18.8 Å². The highest BCUT2D eigenvalue weighted by atomic mass is 32.2. The highest BCUT2D eigenvalue weighted by Gasteiger charge is 2.65. The van der Waals surface area contributed by atoms with Crippen LogP contribution in [0.4, 0.5) is 0 Å². The summed E-state index contributed by atoms with van der Waals surface area (Å²) in [5.74, 6) is 1.13. The summed E-state index contributed by atoms with van der Waals surface area (Å²) in [6, 6.07) is 9.76. The maximum Gasteiger partial charge on any atom is 0.213 e. The predicted molar refractivity (Wildman–Crippen MR) is 122 cm³/mol. The lowest BCUT2D eigenvalue weighted by Crippen LogP contribution is -2.63. The van der Waals surface area contributed by atoms with Crippen LogP contribution in [0.2, 0.25) is 0 Å². The standard InChI is InChI=1S/C25H36N2O3S/c1-23(2)20-11-12-24(23,21(28)15-20)17-31(29,30)26-22(19-7-5-4-6-8-19)25-13-9-18(10-14-25)16-27(25)3/h4-8,18,20,22,26H,9-17H2,1-3H3. The van der Waals surface area contributed by atoms with Crippen molar-refractivity contribution in [2.24, 2.45) is 22.7 Å². The first-order valence-electron chi connectivity index (χ1n) is 11.9. The molecular weight excluding hydrogens is 408 g/mol. The van der Waals surface area contributed by atoms with Crippen molar-refractivity contribution in [1.82, 2.24) is 9.62 Å². The van der Waals surface area contributed by atoms with E-state index in [4.69, 9.17) is 0 Å². The third-order valence-corrected chi connectivity index (χ3v) is 11.3. The Morgan fingerprint density at radius 3 is 2.32 bits per heavy atom. The van der Waals surface area contributed by atoms with Gasteiger partial charge in [-0.15, -0.1) is 0 Å². The molecule has 3 saturated carbocycles. The second-order valence-electron chi connectivity index (χ2n) is 11.3. The quantitative estimate of drug-likeness (QED) is 0.722. The molecule has 2 aliphatic heterocycles. The van der Waals surface area contributed by atoms with Crippen molar-refractivity contribution in [3.8, 4) is 0 Å². The van der Waals surface area contributed by atoms with E-state index in [0.717, 1.165) is 50.1 Å². The van der Waals surface area contributed by atoms with Crippen molar-refractivity contribution >= 4 is 15.8 Å². The molecule has 0 amide bonds. The molecular formula is C25H36N2O3S. The fraction of sp³-hybridized carbons (Fsp3) is 0.720. The van der Waals surface area contributed by atoms with Crippen LogP contribution < -0.4 is 4.72 Å². The van der Waals surface area contributed by atoms with E-state index in [9.17, 15) is 13.2 Å². The Bertz CT molecular complexity index is 966. The minimum absolute atomic E-state index is 0.0753. The smallest absolute Gasteiger partial charge is 0.213 e. The molecule has 0 radical (unpaired) electrons. The second kappa shape index (κ2) is 7.13. The number of hydrogen-bond acceptors (Lipinski definition) is 4. The number of nitrogens with one attached hydrogen (secondary N) is 1. The third kappa shape index (κ3) is 3.16. The topological polar surface area (TPSA) is 66.5 Å². The number of Topliss-reactive ketones (excluding diaryl/α,β-unsaturated/α-hetero) is 1. The largest absolute Gasteiger partial charge is 0.299 e. The van der Waals surface area contributed by atoms with Crippen LogP contribution in [0.5, 0.6) is 0 Å². The summed E-state index contributed by atoms with van der Waals surface area (Å²) < 4.78 is 30.6. The first kappa shape index (κ1) is 21.6. The number of ketones is 1. The molecule has 1 aromatic carbocycles. The van der Waals surface area contributed by atoms with Crippen LogP contribution in [0.3, 0.4) is 0 Å². The van der Waals surface area contributed by atoms with Gasteiger partial charge < -0.3 is 0 Å². The number of rotatable bonds is 6. The SMILES string of the molecule is CN1CC2CCC1(C(NS(=O)(=O)CC13CCC(CC1=O)C3(C)C)c1ccccc1)CC2. The number of piperidine rings is 2. The zero-order valence-electron chi connectivity index (χ0n) is 19.1. The average Bonchev–Trinajstić information content (AvgIpc) is 3.07. The summed E-state index contributed by atoms with van der Waals surface area (Å²) in [6.45, 7) is 5.24. The summed E-state index contributed by atoms with van der Waals surface area (Å²) in [5.41, 5.74) is -0.164. The van der Waals surface area contributed by atoms with Gasteiger partial charge in [-0.2, -0.15) is 0 Å². The van der Waals surface area contributed by atoms with Gasteiger partial charge in [-0.05, 0) is 68.4 Å². The number of nitrogens with zero attached hydrogens (tertiary/aromatic N) is 1. The Hall–Kier alpha value is -1.24. The molecule has 170 valence electrons. The van der Waals surface area contributed by atoms with Crippen LogP contribution >= 0.6 is 0 Å². The molecule has 5 nitrogen and oxygen atoms in total. The number of fused-ring (bicyclic) bond motifs is 5. The van der Waals surface area contributed by atoms with Crippen molar-refractivity contribution in [3.05, 3.63) is 35.9 Å². The van der Waals surface area contributed by atoms with Crippen molar-refractivity contribution in [2.75, 3.05) is 19.3 Å². The third-order valence-electron chi connectivity index (χ3n) is 9.81. The molecule has 6 rings (SSSR count). The molecule has 2 saturated heterocycles. The van der Waals surface area contributed by atoms with Gasteiger partial charge in [0.2, 0.25) is 10.0 Å². The average molecular weight is 445 g/mol. The maximum atomic E-state index is 13.7. The number of hydrogen-bond donors (Lipinski definition) is 1.